The largest absolute Gasteiger partial charge is 0.337 e. The second kappa shape index (κ2) is 6.88. The Morgan fingerprint density at radius 3 is 2.84 bits per heavy atom. The van der Waals surface area contributed by atoms with Crippen molar-refractivity contribution in [2.45, 2.75) is 25.8 Å². The summed E-state index contributed by atoms with van der Waals surface area (Å²) in [6.07, 6.45) is 9.98. The number of piperidine rings is 1. The van der Waals surface area contributed by atoms with Crippen molar-refractivity contribution in [1.82, 2.24) is 24.8 Å². The van der Waals surface area contributed by atoms with Gasteiger partial charge in [0.2, 0.25) is 0 Å². The average molecular weight is 337 g/mol. The van der Waals surface area contributed by atoms with E-state index >= 15 is 0 Å². The van der Waals surface area contributed by atoms with Crippen molar-refractivity contribution in [1.29, 1.82) is 0 Å². The number of rotatable bonds is 3. The van der Waals surface area contributed by atoms with E-state index in [9.17, 15) is 4.79 Å². The Morgan fingerprint density at radius 2 is 2.04 bits per heavy atom. The highest BCUT2D eigenvalue weighted by Gasteiger charge is 2.42. The molecule has 0 radical (unpaired) electrons. The lowest BCUT2D eigenvalue weighted by atomic mass is 9.79. The van der Waals surface area contributed by atoms with E-state index in [2.05, 4.69) is 25.9 Å². The van der Waals surface area contributed by atoms with Gasteiger partial charge >= 0.3 is 0 Å². The summed E-state index contributed by atoms with van der Waals surface area (Å²) in [6, 6.07) is 6.07. The molecule has 4 rings (SSSR count). The van der Waals surface area contributed by atoms with Crippen LogP contribution in [0.5, 0.6) is 0 Å². The second-order valence-corrected chi connectivity index (χ2v) is 7.20. The van der Waals surface area contributed by atoms with Crippen LogP contribution in [-0.2, 0) is 6.54 Å². The lowest BCUT2D eigenvalue weighted by molar-refractivity contribution is 0.0520. The SMILES string of the molecule is O=C(c1cnccn1)N1CCCC2(CCN(Cc3ccccn3)C2)C1. The number of pyridine rings is 1. The fourth-order valence-corrected chi connectivity index (χ4v) is 4.17. The highest BCUT2D eigenvalue weighted by atomic mass is 16.2. The molecule has 4 heterocycles. The van der Waals surface area contributed by atoms with Crippen LogP contribution < -0.4 is 0 Å². The van der Waals surface area contributed by atoms with Crippen molar-refractivity contribution in [2.24, 2.45) is 5.41 Å². The summed E-state index contributed by atoms with van der Waals surface area (Å²) in [7, 11) is 0. The van der Waals surface area contributed by atoms with E-state index in [1.54, 1.807) is 18.6 Å². The molecule has 0 bridgehead atoms. The molecule has 0 N–H and O–H groups in total. The molecule has 2 aliphatic heterocycles. The smallest absolute Gasteiger partial charge is 0.274 e. The van der Waals surface area contributed by atoms with Gasteiger partial charge in [-0.05, 0) is 37.9 Å². The van der Waals surface area contributed by atoms with E-state index in [0.29, 0.717) is 5.69 Å². The summed E-state index contributed by atoms with van der Waals surface area (Å²) in [4.78, 5) is 29.8. The Balaban J connectivity index is 1.42. The predicted octanol–water partition coefficient (Wildman–Crippen LogP) is 2.00. The molecule has 0 saturated carbocycles. The van der Waals surface area contributed by atoms with Gasteiger partial charge in [-0.25, -0.2) is 4.98 Å². The normalized spacial score (nSPS) is 23.9. The number of likely N-dealkylation sites (tertiary alicyclic amines) is 2. The van der Waals surface area contributed by atoms with Gasteiger partial charge < -0.3 is 4.90 Å². The third-order valence-corrected chi connectivity index (χ3v) is 5.36. The molecule has 0 aromatic carbocycles. The van der Waals surface area contributed by atoms with Crippen LogP contribution >= 0.6 is 0 Å². The van der Waals surface area contributed by atoms with E-state index < -0.39 is 0 Å². The lowest BCUT2D eigenvalue weighted by Gasteiger charge is -2.40. The number of hydrogen-bond donors (Lipinski definition) is 0. The fourth-order valence-electron chi connectivity index (χ4n) is 4.17. The van der Waals surface area contributed by atoms with Crippen molar-refractivity contribution in [3.8, 4) is 0 Å². The predicted molar refractivity (Wildman–Crippen MR) is 93.7 cm³/mol. The first kappa shape index (κ1) is 16.1. The molecule has 0 aliphatic carbocycles. The molecule has 2 saturated heterocycles. The molecule has 1 atom stereocenters. The Bertz CT molecular complexity index is 723. The summed E-state index contributed by atoms with van der Waals surface area (Å²) >= 11 is 0. The van der Waals surface area contributed by atoms with Gasteiger partial charge in [0.1, 0.15) is 5.69 Å². The highest BCUT2D eigenvalue weighted by molar-refractivity contribution is 5.92. The van der Waals surface area contributed by atoms with Gasteiger partial charge in [-0.3, -0.25) is 19.7 Å². The summed E-state index contributed by atoms with van der Waals surface area (Å²) in [5, 5.41) is 0. The first-order chi connectivity index (χ1) is 12.2. The van der Waals surface area contributed by atoms with Gasteiger partial charge in [0, 0.05) is 50.2 Å². The number of aromatic nitrogens is 3. The standard InChI is InChI=1S/C19H23N5O/c25-18(17-12-20-8-9-22-17)24-10-3-5-19(15-24)6-11-23(14-19)13-16-4-1-2-7-21-16/h1-2,4,7-9,12H,3,5-6,10-11,13-15H2. The molecular formula is C19H23N5O. The zero-order valence-corrected chi connectivity index (χ0v) is 14.3. The topological polar surface area (TPSA) is 62.2 Å². The van der Waals surface area contributed by atoms with E-state index in [1.807, 2.05) is 23.2 Å². The highest BCUT2D eigenvalue weighted by Crippen LogP contribution is 2.39. The number of carbonyl (C=O) groups is 1. The molecule has 130 valence electrons. The minimum atomic E-state index is 0.00958. The molecule has 6 heteroatoms. The van der Waals surface area contributed by atoms with Crippen molar-refractivity contribution in [3.63, 3.8) is 0 Å². The van der Waals surface area contributed by atoms with Crippen molar-refractivity contribution < 1.29 is 4.79 Å². The number of nitrogens with zero attached hydrogens (tertiary/aromatic N) is 5. The lowest BCUT2D eigenvalue weighted by Crippen LogP contribution is -2.47. The maximum atomic E-state index is 12.7. The zero-order valence-electron chi connectivity index (χ0n) is 14.3. The van der Waals surface area contributed by atoms with Crippen LogP contribution in [0.15, 0.2) is 43.0 Å². The van der Waals surface area contributed by atoms with Gasteiger partial charge in [0.05, 0.1) is 11.9 Å². The minimum Gasteiger partial charge on any atom is -0.337 e. The van der Waals surface area contributed by atoms with Crippen LogP contribution in [0.3, 0.4) is 0 Å². The summed E-state index contributed by atoms with van der Waals surface area (Å²) in [6.45, 7) is 4.64. The maximum absolute atomic E-state index is 12.7. The molecule has 1 amide bonds. The van der Waals surface area contributed by atoms with Gasteiger partial charge in [0.25, 0.3) is 5.91 Å². The molecule has 2 aliphatic rings. The van der Waals surface area contributed by atoms with E-state index in [4.69, 9.17) is 0 Å². The second-order valence-electron chi connectivity index (χ2n) is 7.20. The Labute approximate surface area is 147 Å². The van der Waals surface area contributed by atoms with Crippen LogP contribution in [0.4, 0.5) is 0 Å². The van der Waals surface area contributed by atoms with Crippen LogP contribution in [0.25, 0.3) is 0 Å². The van der Waals surface area contributed by atoms with Crippen LogP contribution in [0.1, 0.15) is 35.4 Å². The molecule has 2 aromatic heterocycles. The first-order valence-corrected chi connectivity index (χ1v) is 8.92. The average Bonchev–Trinajstić information content (AvgIpc) is 3.04. The third-order valence-electron chi connectivity index (χ3n) is 5.36. The van der Waals surface area contributed by atoms with E-state index in [0.717, 1.165) is 51.3 Å². The monoisotopic (exact) mass is 337 g/mol. The van der Waals surface area contributed by atoms with Crippen LogP contribution in [0, 0.1) is 5.41 Å². The fraction of sp³-hybridized carbons (Fsp3) is 0.474. The number of hydrogen-bond acceptors (Lipinski definition) is 5. The molecule has 25 heavy (non-hydrogen) atoms. The maximum Gasteiger partial charge on any atom is 0.274 e. The van der Waals surface area contributed by atoms with Crippen molar-refractivity contribution in [2.75, 3.05) is 26.2 Å². The van der Waals surface area contributed by atoms with Crippen LogP contribution in [-0.4, -0.2) is 56.8 Å². The Kier molecular flexibility index (Phi) is 4.44. The Hall–Kier alpha value is -2.34. The minimum absolute atomic E-state index is 0.00958. The molecule has 2 fully saturated rings. The van der Waals surface area contributed by atoms with Gasteiger partial charge in [-0.1, -0.05) is 6.07 Å². The number of amides is 1. The molecule has 1 unspecified atom stereocenters. The molecular weight excluding hydrogens is 314 g/mol. The number of carbonyl (C=O) groups excluding carboxylic acids is 1. The van der Waals surface area contributed by atoms with Crippen molar-refractivity contribution in [3.05, 3.63) is 54.4 Å². The molecule has 6 nitrogen and oxygen atoms in total. The van der Waals surface area contributed by atoms with Crippen molar-refractivity contribution >= 4 is 5.91 Å². The zero-order chi connectivity index (χ0) is 17.1. The van der Waals surface area contributed by atoms with Gasteiger partial charge in [0.15, 0.2) is 0 Å². The summed E-state index contributed by atoms with van der Waals surface area (Å²) < 4.78 is 0. The Morgan fingerprint density at radius 1 is 1.08 bits per heavy atom. The molecule has 2 aromatic rings. The van der Waals surface area contributed by atoms with Crippen LogP contribution in [0.2, 0.25) is 0 Å². The quantitative estimate of drug-likeness (QED) is 0.857. The summed E-state index contributed by atoms with van der Waals surface area (Å²) in [5.41, 5.74) is 1.77. The third kappa shape index (κ3) is 3.54. The van der Waals surface area contributed by atoms with E-state index in [1.165, 1.54) is 6.42 Å². The van der Waals surface area contributed by atoms with Gasteiger partial charge in [-0.15, -0.1) is 0 Å². The van der Waals surface area contributed by atoms with Gasteiger partial charge in [-0.2, -0.15) is 0 Å². The van der Waals surface area contributed by atoms with E-state index in [-0.39, 0.29) is 11.3 Å². The first-order valence-electron chi connectivity index (χ1n) is 8.92. The molecule has 1 spiro atoms. The summed E-state index contributed by atoms with van der Waals surface area (Å²) in [5.74, 6) is 0.00958.